The van der Waals surface area contributed by atoms with E-state index < -0.39 is 0 Å². The zero-order chi connectivity index (χ0) is 13.2. The molecule has 1 aromatic carbocycles. The van der Waals surface area contributed by atoms with Crippen LogP contribution in [0, 0.1) is 0 Å². The Morgan fingerprint density at radius 2 is 2.22 bits per heavy atom. The summed E-state index contributed by atoms with van der Waals surface area (Å²) in [5.74, 6) is 0. The Morgan fingerprint density at radius 3 is 2.72 bits per heavy atom. The van der Waals surface area contributed by atoms with E-state index in [0.29, 0.717) is 0 Å². The van der Waals surface area contributed by atoms with Gasteiger partial charge in [0.1, 0.15) is 0 Å². The normalized spacial score (nSPS) is 19.3. The van der Waals surface area contributed by atoms with E-state index in [-0.39, 0.29) is 11.6 Å². The van der Waals surface area contributed by atoms with Crippen molar-refractivity contribution in [3.05, 3.63) is 33.3 Å². The van der Waals surface area contributed by atoms with Crippen LogP contribution < -0.4 is 5.32 Å². The minimum absolute atomic E-state index is 0.0517. The molecule has 1 atom stereocenters. The van der Waals surface area contributed by atoms with E-state index >= 15 is 0 Å². The van der Waals surface area contributed by atoms with Crippen LogP contribution in [0.4, 0.5) is 0 Å². The molecule has 1 aromatic rings. The molecule has 1 N–H and O–H groups in total. The maximum absolute atomic E-state index is 6.25. The Bertz CT molecular complexity index is 415. The molecule has 2 rings (SSSR count). The summed E-state index contributed by atoms with van der Waals surface area (Å²) in [6.07, 6.45) is 3.57. The van der Waals surface area contributed by atoms with Crippen molar-refractivity contribution in [1.82, 2.24) is 5.32 Å². The number of nitrogens with one attached hydrogen (secondary N) is 1. The number of methoxy groups -OCH3 is 1. The van der Waals surface area contributed by atoms with E-state index in [0.717, 1.165) is 34.4 Å². The summed E-state index contributed by atoms with van der Waals surface area (Å²) in [5.41, 5.74) is 1.18. The van der Waals surface area contributed by atoms with Crippen LogP contribution in [-0.4, -0.2) is 19.3 Å². The predicted octanol–water partition coefficient (Wildman–Crippen LogP) is 4.32. The van der Waals surface area contributed by atoms with Gasteiger partial charge in [0, 0.05) is 29.2 Å². The van der Waals surface area contributed by atoms with Gasteiger partial charge < -0.3 is 10.1 Å². The van der Waals surface area contributed by atoms with Crippen molar-refractivity contribution >= 4 is 27.5 Å². The summed E-state index contributed by atoms with van der Waals surface area (Å²) < 4.78 is 6.62. The molecule has 1 unspecified atom stereocenters. The Kier molecular flexibility index (Phi) is 4.70. The largest absolute Gasteiger partial charge is 0.377 e. The van der Waals surface area contributed by atoms with Gasteiger partial charge >= 0.3 is 0 Å². The van der Waals surface area contributed by atoms with E-state index in [1.807, 2.05) is 12.1 Å². The molecule has 1 saturated carbocycles. The summed E-state index contributed by atoms with van der Waals surface area (Å²) in [6.45, 7) is 3.02. The molecule has 0 spiro atoms. The molecule has 0 saturated heterocycles. The summed E-state index contributed by atoms with van der Waals surface area (Å²) in [4.78, 5) is 0. The Morgan fingerprint density at radius 1 is 1.50 bits per heavy atom. The fourth-order valence-corrected chi connectivity index (χ4v) is 3.16. The van der Waals surface area contributed by atoms with Crippen molar-refractivity contribution in [3.63, 3.8) is 0 Å². The van der Waals surface area contributed by atoms with Gasteiger partial charge in [-0.25, -0.2) is 0 Å². The molecule has 18 heavy (non-hydrogen) atoms. The quantitative estimate of drug-likeness (QED) is 0.867. The molecule has 1 aliphatic rings. The minimum Gasteiger partial charge on any atom is -0.377 e. The first-order valence-corrected chi connectivity index (χ1v) is 7.47. The van der Waals surface area contributed by atoms with Gasteiger partial charge in [0.2, 0.25) is 0 Å². The number of ether oxygens (including phenoxy) is 1. The highest BCUT2D eigenvalue weighted by Gasteiger charge is 2.36. The van der Waals surface area contributed by atoms with Crippen LogP contribution in [0.3, 0.4) is 0 Å². The van der Waals surface area contributed by atoms with Crippen molar-refractivity contribution in [2.45, 2.75) is 37.8 Å². The smallest absolute Gasteiger partial charge is 0.0802 e. The molecule has 0 amide bonds. The first-order chi connectivity index (χ1) is 8.56. The zero-order valence-corrected chi connectivity index (χ0v) is 13.1. The van der Waals surface area contributed by atoms with Crippen molar-refractivity contribution in [2.75, 3.05) is 13.7 Å². The van der Waals surface area contributed by atoms with Crippen LogP contribution in [0.2, 0.25) is 5.02 Å². The second-order valence-corrected chi connectivity index (χ2v) is 6.33. The topological polar surface area (TPSA) is 21.3 Å². The van der Waals surface area contributed by atoms with E-state index in [1.54, 1.807) is 7.11 Å². The fraction of sp³-hybridized carbons (Fsp3) is 0.571. The standard InChI is InChI=1S/C14H19BrClNO/c1-10(12-5-4-11(15)8-13(12)16)17-9-14(18-2)6-3-7-14/h4-5,8,10,17H,3,6-7,9H2,1-2H3. The average Bonchev–Trinajstić information content (AvgIpc) is 2.27. The Labute approximate surface area is 122 Å². The molecule has 0 aromatic heterocycles. The number of benzene rings is 1. The van der Waals surface area contributed by atoms with Gasteiger partial charge in [-0.2, -0.15) is 0 Å². The Balaban J connectivity index is 1.97. The van der Waals surface area contributed by atoms with E-state index in [2.05, 4.69) is 34.2 Å². The molecule has 1 aliphatic carbocycles. The summed E-state index contributed by atoms with van der Waals surface area (Å²) in [7, 11) is 1.80. The zero-order valence-electron chi connectivity index (χ0n) is 10.8. The van der Waals surface area contributed by atoms with Crippen LogP contribution in [-0.2, 0) is 4.74 Å². The van der Waals surface area contributed by atoms with Gasteiger partial charge in [0.15, 0.2) is 0 Å². The van der Waals surface area contributed by atoms with Gasteiger partial charge in [-0.15, -0.1) is 0 Å². The molecule has 0 aliphatic heterocycles. The first kappa shape index (κ1) is 14.3. The average molecular weight is 333 g/mol. The molecule has 0 bridgehead atoms. The van der Waals surface area contributed by atoms with Crippen molar-refractivity contribution in [2.24, 2.45) is 0 Å². The second-order valence-electron chi connectivity index (χ2n) is 5.01. The fourth-order valence-electron chi connectivity index (χ4n) is 2.33. The highest BCUT2D eigenvalue weighted by Crippen LogP contribution is 2.35. The van der Waals surface area contributed by atoms with Gasteiger partial charge in [-0.3, -0.25) is 0 Å². The minimum atomic E-state index is 0.0517. The van der Waals surface area contributed by atoms with Gasteiger partial charge in [0.05, 0.1) is 5.60 Å². The highest BCUT2D eigenvalue weighted by atomic mass is 79.9. The van der Waals surface area contributed by atoms with Crippen LogP contribution >= 0.6 is 27.5 Å². The molecule has 100 valence electrons. The lowest BCUT2D eigenvalue weighted by Crippen LogP contribution is -2.48. The lowest BCUT2D eigenvalue weighted by Gasteiger charge is -2.41. The van der Waals surface area contributed by atoms with E-state index in [9.17, 15) is 0 Å². The third-order valence-corrected chi connectivity index (χ3v) is 4.68. The van der Waals surface area contributed by atoms with E-state index in [1.165, 1.54) is 6.42 Å². The van der Waals surface area contributed by atoms with Crippen LogP contribution in [0.1, 0.15) is 37.8 Å². The lowest BCUT2D eigenvalue weighted by atomic mass is 9.80. The summed E-state index contributed by atoms with van der Waals surface area (Å²) in [6, 6.07) is 6.25. The van der Waals surface area contributed by atoms with Gasteiger partial charge in [0.25, 0.3) is 0 Å². The third-order valence-electron chi connectivity index (χ3n) is 3.86. The number of halogens is 2. The second kappa shape index (κ2) is 5.91. The monoisotopic (exact) mass is 331 g/mol. The van der Waals surface area contributed by atoms with Crippen LogP contribution in [0.25, 0.3) is 0 Å². The van der Waals surface area contributed by atoms with Crippen LogP contribution in [0.5, 0.6) is 0 Å². The van der Waals surface area contributed by atoms with Crippen LogP contribution in [0.15, 0.2) is 22.7 Å². The maximum atomic E-state index is 6.25. The maximum Gasteiger partial charge on any atom is 0.0802 e. The number of hydrogen-bond donors (Lipinski definition) is 1. The third kappa shape index (κ3) is 3.08. The number of rotatable bonds is 5. The van der Waals surface area contributed by atoms with Crippen molar-refractivity contribution in [3.8, 4) is 0 Å². The first-order valence-electron chi connectivity index (χ1n) is 6.30. The molecule has 2 nitrogen and oxygen atoms in total. The van der Waals surface area contributed by atoms with Crippen molar-refractivity contribution in [1.29, 1.82) is 0 Å². The molecule has 4 heteroatoms. The van der Waals surface area contributed by atoms with E-state index in [4.69, 9.17) is 16.3 Å². The van der Waals surface area contributed by atoms with Gasteiger partial charge in [-0.05, 0) is 43.9 Å². The SMILES string of the molecule is COC1(CNC(C)c2ccc(Br)cc2Cl)CCC1. The summed E-state index contributed by atoms with van der Waals surface area (Å²) in [5, 5.41) is 4.32. The van der Waals surface area contributed by atoms with Gasteiger partial charge in [-0.1, -0.05) is 33.6 Å². The van der Waals surface area contributed by atoms with Crippen molar-refractivity contribution < 1.29 is 4.74 Å². The molecule has 0 heterocycles. The molecule has 1 fully saturated rings. The number of hydrogen-bond acceptors (Lipinski definition) is 2. The highest BCUT2D eigenvalue weighted by molar-refractivity contribution is 9.10. The Hall–Kier alpha value is -0.0900. The summed E-state index contributed by atoms with van der Waals surface area (Å²) >= 11 is 9.68. The predicted molar refractivity (Wildman–Crippen MR) is 79.2 cm³/mol. The lowest BCUT2D eigenvalue weighted by molar-refractivity contribution is -0.0706. The molecule has 0 radical (unpaired) electrons. The molecular formula is C14H19BrClNO. The molecular weight excluding hydrogens is 314 g/mol.